The molecule has 1 aromatic heterocycles. The third kappa shape index (κ3) is 3.53. The van der Waals surface area contributed by atoms with Gasteiger partial charge in [-0.1, -0.05) is 30.3 Å². The average molecular weight is 340 g/mol. The average Bonchev–Trinajstić information content (AvgIpc) is 2.92. The smallest absolute Gasteiger partial charge is 0.399 e. The molecule has 0 N–H and O–H groups in total. The maximum atomic E-state index is 6.22. The molecule has 4 nitrogen and oxygen atoms in total. The quantitative estimate of drug-likeness (QED) is 0.783. The topological polar surface area (TPSA) is 36.3 Å². The van der Waals surface area contributed by atoms with Crippen molar-refractivity contribution in [3.63, 3.8) is 0 Å². The second-order valence-electron chi connectivity index (χ2n) is 7.99. The van der Waals surface area contributed by atoms with E-state index in [2.05, 4.69) is 69.6 Å². The zero-order valence-electron chi connectivity index (χ0n) is 16.3. The number of aryl methyl sites for hydroxylation is 3. The lowest BCUT2D eigenvalue weighted by Crippen LogP contribution is -2.41. The first-order chi connectivity index (χ1) is 11.7. The molecular weight excluding hydrogens is 311 g/mol. The Balaban J connectivity index is 1.71. The highest BCUT2D eigenvalue weighted by Crippen LogP contribution is 2.36. The normalized spacial score (nSPS) is 18.7. The van der Waals surface area contributed by atoms with Crippen LogP contribution in [0, 0.1) is 13.8 Å². The summed E-state index contributed by atoms with van der Waals surface area (Å²) in [4.78, 5) is 0. The van der Waals surface area contributed by atoms with Crippen molar-refractivity contribution in [1.82, 2.24) is 9.78 Å². The molecule has 0 bridgehead atoms. The van der Waals surface area contributed by atoms with Gasteiger partial charge in [0, 0.05) is 17.7 Å². The highest BCUT2D eigenvalue weighted by molar-refractivity contribution is 6.63. The lowest BCUT2D eigenvalue weighted by molar-refractivity contribution is 0.00578. The molecule has 5 heteroatoms. The number of rotatable bonds is 5. The van der Waals surface area contributed by atoms with Crippen LogP contribution in [0.4, 0.5) is 0 Å². The van der Waals surface area contributed by atoms with E-state index >= 15 is 0 Å². The van der Waals surface area contributed by atoms with Gasteiger partial charge in [-0.05, 0) is 59.9 Å². The minimum atomic E-state index is -0.340. The highest BCUT2D eigenvalue weighted by Gasteiger charge is 2.53. The summed E-state index contributed by atoms with van der Waals surface area (Å²) in [5.74, 6) is 0. The van der Waals surface area contributed by atoms with Gasteiger partial charge in [-0.2, -0.15) is 5.10 Å². The van der Waals surface area contributed by atoms with Crippen molar-refractivity contribution in [3.8, 4) is 0 Å². The maximum absolute atomic E-state index is 6.22. The summed E-state index contributed by atoms with van der Waals surface area (Å²) in [6, 6.07) is 10.6. The summed E-state index contributed by atoms with van der Waals surface area (Å²) >= 11 is 0. The first kappa shape index (κ1) is 18.2. The van der Waals surface area contributed by atoms with Crippen LogP contribution in [0.3, 0.4) is 0 Å². The van der Waals surface area contributed by atoms with Crippen LogP contribution in [0.5, 0.6) is 0 Å². The monoisotopic (exact) mass is 340 g/mol. The molecule has 134 valence electrons. The molecule has 0 atom stereocenters. The summed E-state index contributed by atoms with van der Waals surface area (Å²) in [6.07, 6.45) is 2.12. The van der Waals surface area contributed by atoms with Gasteiger partial charge >= 0.3 is 7.12 Å². The molecule has 0 aliphatic carbocycles. The SMILES string of the molecule is Cc1nn(CCCc2ccccc2)c(C)c1B1OC(C)(C)C(C)(C)O1. The predicted molar refractivity (Wildman–Crippen MR) is 102 cm³/mol. The van der Waals surface area contributed by atoms with Crippen molar-refractivity contribution < 1.29 is 9.31 Å². The van der Waals surface area contributed by atoms with Gasteiger partial charge in [0.1, 0.15) is 0 Å². The van der Waals surface area contributed by atoms with Crippen molar-refractivity contribution >= 4 is 12.6 Å². The summed E-state index contributed by atoms with van der Waals surface area (Å²) in [6.45, 7) is 13.4. The Kier molecular flexibility index (Phi) is 4.82. The van der Waals surface area contributed by atoms with Crippen LogP contribution in [-0.2, 0) is 22.3 Å². The molecule has 1 aliphatic heterocycles. The molecule has 1 aliphatic rings. The minimum absolute atomic E-state index is 0.327. The molecule has 25 heavy (non-hydrogen) atoms. The summed E-state index contributed by atoms with van der Waals surface area (Å²) < 4.78 is 14.5. The number of aromatic nitrogens is 2. The van der Waals surface area contributed by atoms with Crippen molar-refractivity contribution in [2.45, 2.75) is 72.1 Å². The Hall–Kier alpha value is -1.59. The zero-order valence-corrected chi connectivity index (χ0v) is 16.3. The third-order valence-corrected chi connectivity index (χ3v) is 5.60. The van der Waals surface area contributed by atoms with Crippen LogP contribution in [0.25, 0.3) is 0 Å². The minimum Gasteiger partial charge on any atom is -0.399 e. The van der Waals surface area contributed by atoms with E-state index in [1.807, 2.05) is 6.92 Å². The Labute approximate surface area is 151 Å². The molecule has 0 unspecified atom stereocenters. The molecule has 0 saturated carbocycles. The molecular formula is C20H29BN2O2. The Bertz CT molecular complexity index is 722. The molecule has 2 aromatic rings. The first-order valence-corrected chi connectivity index (χ1v) is 9.15. The largest absolute Gasteiger partial charge is 0.498 e. The van der Waals surface area contributed by atoms with Crippen LogP contribution in [0.2, 0.25) is 0 Å². The van der Waals surface area contributed by atoms with Crippen LogP contribution >= 0.6 is 0 Å². The summed E-state index contributed by atoms with van der Waals surface area (Å²) in [5.41, 5.74) is 3.94. The number of nitrogens with zero attached hydrogens (tertiary/aromatic N) is 2. The van der Waals surface area contributed by atoms with Gasteiger partial charge in [0.05, 0.1) is 16.9 Å². The summed E-state index contributed by atoms with van der Waals surface area (Å²) in [7, 11) is -0.340. The van der Waals surface area contributed by atoms with E-state index in [0.717, 1.165) is 36.2 Å². The summed E-state index contributed by atoms with van der Waals surface area (Å²) in [5, 5.41) is 4.74. The standard InChI is InChI=1S/C20H29BN2O2/c1-15-18(21-24-19(3,4)20(5,6)25-21)16(2)23(22-15)14-10-13-17-11-8-7-9-12-17/h7-9,11-12H,10,13-14H2,1-6H3. The van der Waals surface area contributed by atoms with Crippen LogP contribution in [-0.4, -0.2) is 28.1 Å². The van der Waals surface area contributed by atoms with Crippen molar-refractivity contribution in [2.24, 2.45) is 0 Å². The fraction of sp³-hybridized carbons (Fsp3) is 0.550. The first-order valence-electron chi connectivity index (χ1n) is 9.15. The predicted octanol–water partition coefficient (Wildman–Crippen LogP) is 3.43. The maximum Gasteiger partial charge on any atom is 0.498 e. The van der Waals surface area contributed by atoms with Crippen molar-refractivity contribution in [3.05, 3.63) is 47.3 Å². The van der Waals surface area contributed by atoms with Gasteiger partial charge in [0.2, 0.25) is 0 Å². The Morgan fingerprint density at radius 3 is 2.20 bits per heavy atom. The Morgan fingerprint density at radius 2 is 1.60 bits per heavy atom. The number of hydrogen-bond acceptors (Lipinski definition) is 3. The van der Waals surface area contributed by atoms with E-state index in [-0.39, 0.29) is 18.3 Å². The van der Waals surface area contributed by atoms with E-state index in [1.54, 1.807) is 0 Å². The van der Waals surface area contributed by atoms with E-state index in [0.29, 0.717) is 0 Å². The van der Waals surface area contributed by atoms with Crippen molar-refractivity contribution in [2.75, 3.05) is 0 Å². The van der Waals surface area contributed by atoms with E-state index in [4.69, 9.17) is 14.4 Å². The second kappa shape index (κ2) is 6.62. The van der Waals surface area contributed by atoms with Crippen molar-refractivity contribution in [1.29, 1.82) is 0 Å². The molecule has 2 heterocycles. The molecule has 1 aromatic carbocycles. The lowest BCUT2D eigenvalue weighted by Gasteiger charge is -2.32. The molecule has 1 fully saturated rings. The van der Waals surface area contributed by atoms with Gasteiger partial charge in [0.15, 0.2) is 0 Å². The highest BCUT2D eigenvalue weighted by atomic mass is 16.7. The lowest BCUT2D eigenvalue weighted by atomic mass is 9.77. The van der Waals surface area contributed by atoms with Crippen LogP contribution in [0.1, 0.15) is 51.1 Å². The number of benzene rings is 1. The van der Waals surface area contributed by atoms with E-state index in [1.165, 1.54) is 5.56 Å². The van der Waals surface area contributed by atoms with Gasteiger partial charge in [-0.15, -0.1) is 0 Å². The Morgan fingerprint density at radius 1 is 1.00 bits per heavy atom. The van der Waals surface area contributed by atoms with Gasteiger partial charge in [-0.3, -0.25) is 4.68 Å². The molecule has 0 radical (unpaired) electrons. The molecule has 1 saturated heterocycles. The number of hydrogen-bond donors (Lipinski definition) is 0. The van der Waals surface area contributed by atoms with Gasteiger partial charge < -0.3 is 9.31 Å². The van der Waals surface area contributed by atoms with Crippen LogP contribution < -0.4 is 5.46 Å². The molecule has 3 rings (SSSR count). The molecule has 0 spiro atoms. The fourth-order valence-electron chi connectivity index (χ4n) is 3.31. The van der Waals surface area contributed by atoms with Crippen LogP contribution in [0.15, 0.2) is 30.3 Å². The molecule has 0 amide bonds. The zero-order chi connectivity index (χ0) is 18.2. The van der Waals surface area contributed by atoms with E-state index < -0.39 is 0 Å². The van der Waals surface area contributed by atoms with E-state index in [9.17, 15) is 0 Å². The third-order valence-electron chi connectivity index (χ3n) is 5.60. The second-order valence-corrected chi connectivity index (χ2v) is 7.99. The van der Waals surface area contributed by atoms with Gasteiger partial charge in [-0.25, -0.2) is 0 Å². The van der Waals surface area contributed by atoms with Gasteiger partial charge in [0.25, 0.3) is 0 Å². The fourth-order valence-corrected chi connectivity index (χ4v) is 3.31.